The molecule has 1 saturated heterocycles. The summed E-state index contributed by atoms with van der Waals surface area (Å²) in [6.45, 7) is 1.37. The van der Waals surface area contributed by atoms with Gasteiger partial charge < -0.3 is 5.32 Å². The van der Waals surface area contributed by atoms with E-state index in [1.165, 1.54) is 11.1 Å². The molecule has 1 aliphatic rings. The van der Waals surface area contributed by atoms with Crippen molar-refractivity contribution in [2.45, 2.75) is 24.9 Å². The van der Waals surface area contributed by atoms with Gasteiger partial charge in [-0.05, 0) is 24.6 Å². The fourth-order valence-corrected chi connectivity index (χ4v) is 3.39. The number of nitrogens with zero attached hydrogens (tertiary/aromatic N) is 1. The van der Waals surface area contributed by atoms with Crippen LogP contribution in [-0.2, 0) is 4.79 Å². The third kappa shape index (κ3) is 3.87. The molecule has 0 aliphatic carbocycles. The van der Waals surface area contributed by atoms with E-state index in [1.807, 2.05) is 0 Å². The summed E-state index contributed by atoms with van der Waals surface area (Å²) in [5.41, 5.74) is 2.58. The van der Waals surface area contributed by atoms with Crippen LogP contribution in [0.5, 0.6) is 0 Å². The lowest BCUT2D eigenvalue weighted by Crippen LogP contribution is -2.41. The maximum Gasteiger partial charge on any atom is 0.146 e. The Balaban J connectivity index is 1.90. The van der Waals surface area contributed by atoms with Crippen molar-refractivity contribution in [3.63, 3.8) is 0 Å². The molecule has 0 radical (unpaired) electrons. The first-order chi connectivity index (χ1) is 11.3. The number of carbonyl (C=O) groups is 1. The summed E-state index contributed by atoms with van der Waals surface area (Å²) >= 11 is 0. The van der Waals surface area contributed by atoms with E-state index in [1.54, 1.807) is 0 Å². The normalized spacial score (nSPS) is 19.1. The Kier molecular flexibility index (Phi) is 5.21. The molecule has 1 N–H and O–H groups in total. The molecule has 0 saturated carbocycles. The predicted octanol–water partition coefficient (Wildman–Crippen LogP) is 3.03. The van der Waals surface area contributed by atoms with Gasteiger partial charge in [-0.1, -0.05) is 60.7 Å². The molecule has 0 spiro atoms. The highest BCUT2D eigenvalue weighted by molar-refractivity contribution is 5.80. The maximum absolute atomic E-state index is 11.7. The molecule has 1 heterocycles. The fraction of sp³-hybridized carbons (Fsp3) is 0.350. The SMILES string of the molecule is CN(C1CCC(=O)CNC1)C(c1ccccc1)c1ccccc1. The summed E-state index contributed by atoms with van der Waals surface area (Å²) in [6, 6.07) is 21.8. The average molecular weight is 308 g/mol. The van der Waals surface area contributed by atoms with Crippen LogP contribution in [0.4, 0.5) is 0 Å². The summed E-state index contributed by atoms with van der Waals surface area (Å²) in [5.74, 6) is 0.317. The largest absolute Gasteiger partial charge is 0.308 e. The Hall–Kier alpha value is -1.97. The molecule has 1 unspecified atom stereocenters. The van der Waals surface area contributed by atoms with E-state index in [9.17, 15) is 4.79 Å². The maximum atomic E-state index is 11.7. The third-order valence-electron chi connectivity index (χ3n) is 4.67. The summed E-state index contributed by atoms with van der Waals surface area (Å²) in [7, 11) is 2.17. The minimum absolute atomic E-state index is 0.206. The van der Waals surface area contributed by atoms with Gasteiger partial charge in [0.2, 0.25) is 0 Å². The molecule has 3 rings (SSSR count). The minimum Gasteiger partial charge on any atom is -0.308 e. The van der Waals surface area contributed by atoms with Gasteiger partial charge in [-0.25, -0.2) is 0 Å². The van der Waals surface area contributed by atoms with Crippen LogP contribution >= 0.6 is 0 Å². The van der Waals surface area contributed by atoms with Crippen LogP contribution in [-0.4, -0.2) is 36.9 Å². The van der Waals surface area contributed by atoms with Gasteiger partial charge in [0.15, 0.2) is 0 Å². The van der Waals surface area contributed by atoms with Crippen molar-refractivity contribution in [3.8, 4) is 0 Å². The van der Waals surface area contributed by atoms with E-state index in [2.05, 4.69) is 77.9 Å². The van der Waals surface area contributed by atoms with E-state index < -0.39 is 0 Å². The number of nitrogens with one attached hydrogen (secondary N) is 1. The lowest BCUT2D eigenvalue weighted by molar-refractivity contribution is -0.118. The Labute approximate surface area is 138 Å². The zero-order valence-electron chi connectivity index (χ0n) is 13.6. The molecule has 3 heteroatoms. The van der Waals surface area contributed by atoms with E-state index in [0.29, 0.717) is 24.8 Å². The molecule has 1 fully saturated rings. The topological polar surface area (TPSA) is 32.3 Å². The molecule has 2 aromatic carbocycles. The number of carbonyl (C=O) groups excluding carboxylic acids is 1. The van der Waals surface area contributed by atoms with Crippen molar-refractivity contribution in [1.82, 2.24) is 10.2 Å². The van der Waals surface area contributed by atoms with Gasteiger partial charge >= 0.3 is 0 Å². The van der Waals surface area contributed by atoms with Crippen LogP contribution in [0.25, 0.3) is 0 Å². The first kappa shape index (κ1) is 15.9. The van der Waals surface area contributed by atoms with E-state index in [4.69, 9.17) is 0 Å². The number of hydrogen-bond acceptors (Lipinski definition) is 3. The lowest BCUT2D eigenvalue weighted by Gasteiger charge is -2.35. The second-order valence-corrected chi connectivity index (χ2v) is 6.25. The van der Waals surface area contributed by atoms with E-state index in [0.717, 1.165) is 13.0 Å². The van der Waals surface area contributed by atoms with Gasteiger partial charge in [-0.15, -0.1) is 0 Å². The molecule has 120 valence electrons. The van der Waals surface area contributed by atoms with Crippen LogP contribution in [0.1, 0.15) is 30.0 Å². The Morgan fingerprint density at radius 2 is 1.57 bits per heavy atom. The number of ketones is 1. The predicted molar refractivity (Wildman–Crippen MR) is 93.4 cm³/mol. The van der Waals surface area contributed by atoms with Crippen LogP contribution in [0.2, 0.25) is 0 Å². The molecule has 1 atom stereocenters. The highest BCUT2D eigenvalue weighted by Crippen LogP contribution is 2.30. The number of rotatable bonds is 4. The summed E-state index contributed by atoms with van der Waals surface area (Å²) in [6.07, 6.45) is 1.58. The summed E-state index contributed by atoms with van der Waals surface area (Å²) in [5, 5.41) is 3.29. The summed E-state index contributed by atoms with van der Waals surface area (Å²) < 4.78 is 0. The van der Waals surface area contributed by atoms with Crippen LogP contribution in [0.15, 0.2) is 60.7 Å². The van der Waals surface area contributed by atoms with Crippen molar-refractivity contribution in [3.05, 3.63) is 71.8 Å². The zero-order valence-corrected chi connectivity index (χ0v) is 13.6. The van der Waals surface area contributed by atoms with Crippen LogP contribution < -0.4 is 5.32 Å². The first-order valence-electron chi connectivity index (χ1n) is 8.30. The smallest absolute Gasteiger partial charge is 0.146 e. The molecular formula is C20H24N2O. The molecule has 0 bridgehead atoms. The van der Waals surface area contributed by atoms with Crippen molar-refractivity contribution >= 4 is 5.78 Å². The molecule has 0 amide bonds. The standard InChI is InChI=1S/C20H24N2O/c1-22(18-12-13-19(23)15-21-14-18)20(16-8-4-2-5-9-16)17-10-6-3-7-11-17/h2-11,18,20-21H,12-15H2,1H3. The number of hydrogen-bond donors (Lipinski definition) is 1. The van der Waals surface area contributed by atoms with Crippen molar-refractivity contribution in [2.24, 2.45) is 0 Å². The first-order valence-corrected chi connectivity index (χ1v) is 8.30. The third-order valence-corrected chi connectivity index (χ3v) is 4.67. The second-order valence-electron chi connectivity index (χ2n) is 6.25. The van der Waals surface area contributed by atoms with Crippen molar-refractivity contribution in [1.29, 1.82) is 0 Å². The average Bonchev–Trinajstić information content (AvgIpc) is 2.82. The zero-order chi connectivity index (χ0) is 16.1. The lowest BCUT2D eigenvalue weighted by atomic mass is 9.95. The Morgan fingerprint density at radius 1 is 1.00 bits per heavy atom. The molecule has 1 aliphatic heterocycles. The minimum atomic E-state index is 0.206. The molecule has 3 nitrogen and oxygen atoms in total. The number of likely N-dealkylation sites (N-methyl/N-ethyl adjacent to an activating group) is 1. The van der Waals surface area contributed by atoms with Crippen LogP contribution in [0, 0.1) is 0 Å². The van der Waals surface area contributed by atoms with Gasteiger partial charge in [-0.3, -0.25) is 9.69 Å². The summed E-state index contributed by atoms with van der Waals surface area (Å²) in [4.78, 5) is 14.1. The molecule has 23 heavy (non-hydrogen) atoms. The van der Waals surface area contributed by atoms with Gasteiger partial charge in [0.1, 0.15) is 5.78 Å². The van der Waals surface area contributed by atoms with Gasteiger partial charge in [0.25, 0.3) is 0 Å². The highest BCUT2D eigenvalue weighted by atomic mass is 16.1. The van der Waals surface area contributed by atoms with E-state index in [-0.39, 0.29) is 6.04 Å². The van der Waals surface area contributed by atoms with Crippen molar-refractivity contribution < 1.29 is 4.79 Å². The quantitative estimate of drug-likeness (QED) is 0.942. The second kappa shape index (κ2) is 7.53. The Bertz CT molecular complexity index is 587. The van der Waals surface area contributed by atoms with Gasteiger partial charge in [0.05, 0.1) is 12.6 Å². The molecule has 2 aromatic rings. The number of benzene rings is 2. The van der Waals surface area contributed by atoms with Crippen molar-refractivity contribution in [2.75, 3.05) is 20.1 Å². The van der Waals surface area contributed by atoms with E-state index >= 15 is 0 Å². The highest BCUT2D eigenvalue weighted by Gasteiger charge is 2.27. The fourth-order valence-electron chi connectivity index (χ4n) is 3.39. The van der Waals surface area contributed by atoms with Crippen LogP contribution in [0.3, 0.4) is 0 Å². The monoisotopic (exact) mass is 308 g/mol. The molecular weight excluding hydrogens is 284 g/mol. The Morgan fingerprint density at radius 3 is 2.13 bits per heavy atom. The number of Topliss-reactive ketones (excluding diaryl/α,β-unsaturated/α-hetero) is 1. The van der Waals surface area contributed by atoms with Gasteiger partial charge in [-0.2, -0.15) is 0 Å². The van der Waals surface area contributed by atoms with Gasteiger partial charge in [0, 0.05) is 19.0 Å². The molecule has 0 aromatic heterocycles.